The maximum Gasteiger partial charge on any atom is 0.242 e. The monoisotopic (exact) mass is 279 g/mol. The van der Waals surface area contributed by atoms with Crippen LogP contribution in [-0.4, -0.2) is 49.6 Å². The van der Waals surface area contributed by atoms with Gasteiger partial charge in [0, 0.05) is 31.9 Å². The number of hydrogen-bond donors (Lipinski definition) is 1. The van der Waals surface area contributed by atoms with E-state index in [4.69, 9.17) is 0 Å². The van der Waals surface area contributed by atoms with Gasteiger partial charge in [0.25, 0.3) is 0 Å². The molecule has 1 fully saturated rings. The molecule has 0 aliphatic carbocycles. The van der Waals surface area contributed by atoms with Gasteiger partial charge in [-0.15, -0.1) is 0 Å². The molecule has 0 unspecified atom stereocenters. The molecule has 0 bridgehead atoms. The van der Waals surface area contributed by atoms with Crippen LogP contribution >= 0.6 is 0 Å². The lowest BCUT2D eigenvalue weighted by atomic mass is 10.0. The highest BCUT2D eigenvalue weighted by molar-refractivity contribution is 5.85. The fraction of sp³-hybridized carbons (Fsp3) is 0.533. The SMILES string of the molecule is CNC(C)(C)C(=O)N1CCN(c2ccc(F)cc2)CC1. The highest BCUT2D eigenvalue weighted by atomic mass is 19.1. The van der Waals surface area contributed by atoms with Crippen LogP contribution in [0.4, 0.5) is 10.1 Å². The number of nitrogens with one attached hydrogen (secondary N) is 1. The topological polar surface area (TPSA) is 35.6 Å². The van der Waals surface area contributed by atoms with Crippen molar-refractivity contribution in [3.8, 4) is 0 Å². The van der Waals surface area contributed by atoms with Gasteiger partial charge in [0.2, 0.25) is 5.91 Å². The largest absolute Gasteiger partial charge is 0.368 e. The first-order valence-electron chi connectivity index (χ1n) is 6.93. The summed E-state index contributed by atoms with van der Waals surface area (Å²) in [5.41, 5.74) is 0.476. The van der Waals surface area contributed by atoms with Crippen molar-refractivity contribution < 1.29 is 9.18 Å². The van der Waals surface area contributed by atoms with Crippen LogP contribution in [-0.2, 0) is 4.79 Å². The predicted molar refractivity (Wildman–Crippen MR) is 78.3 cm³/mol. The zero-order valence-electron chi connectivity index (χ0n) is 12.3. The number of halogens is 1. The zero-order chi connectivity index (χ0) is 14.8. The molecule has 1 aliphatic heterocycles. The normalized spacial score (nSPS) is 16.4. The van der Waals surface area contributed by atoms with Gasteiger partial charge in [-0.1, -0.05) is 0 Å². The molecule has 0 radical (unpaired) electrons. The van der Waals surface area contributed by atoms with Gasteiger partial charge in [0.15, 0.2) is 0 Å². The summed E-state index contributed by atoms with van der Waals surface area (Å²) in [5.74, 6) is -0.0999. The van der Waals surface area contributed by atoms with Crippen LogP contribution in [0.2, 0.25) is 0 Å². The van der Waals surface area contributed by atoms with Crippen LogP contribution in [0.25, 0.3) is 0 Å². The molecule has 2 rings (SSSR count). The fourth-order valence-electron chi connectivity index (χ4n) is 2.32. The molecule has 110 valence electrons. The van der Waals surface area contributed by atoms with Gasteiger partial charge in [-0.3, -0.25) is 4.79 Å². The number of likely N-dealkylation sites (N-methyl/N-ethyl adjacent to an activating group) is 1. The minimum Gasteiger partial charge on any atom is -0.368 e. The average molecular weight is 279 g/mol. The molecule has 1 heterocycles. The third-order valence-electron chi connectivity index (χ3n) is 3.92. The van der Waals surface area contributed by atoms with Gasteiger partial charge in [0.05, 0.1) is 5.54 Å². The van der Waals surface area contributed by atoms with Crippen molar-refractivity contribution in [3.05, 3.63) is 30.1 Å². The Bertz CT molecular complexity index is 465. The highest BCUT2D eigenvalue weighted by Crippen LogP contribution is 2.18. The molecule has 1 aromatic rings. The van der Waals surface area contributed by atoms with E-state index < -0.39 is 5.54 Å². The maximum atomic E-state index is 12.9. The van der Waals surface area contributed by atoms with Gasteiger partial charge >= 0.3 is 0 Å². The third-order valence-corrected chi connectivity index (χ3v) is 3.92. The Hall–Kier alpha value is -1.62. The van der Waals surface area contributed by atoms with E-state index in [1.807, 2.05) is 18.7 Å². The van der Waals surface area contributed by atoms with E-state index in [0.717, 1.165) is 18.8 Å². The lowest BCUT2D eigenvalue weighted by Gasteiger charge is -2.39. The molecule has 1 amide bonds. The van der Waals surface area contributed by atoms with Crippen molar-refractivity contribution in [3.63, 3.8) is 0 Å². The van der Waals surface area contributed by atoms with E-state index in [2.05, 4.69) is 10.2 Å². The smallest absolute Gasteiger partial charge is 0.242 e. The van der Waals surface area contributed by atoms with E-state index in [0.29, 0.717) is 13.1 Å². The molecule has 1 aliphatic rings. The summed E-state index contributed by atoms with van der Waals surface area (Å²) in [6.07, 6.45) is 0. The average Bonchev–Trinajstić information content (AvgIpc) is 2.47. The van der Waals surface area contributed by atoms with Gasteiger partial charge in [-0.05, 0) is 45.2 Å². The van der Waals surface area contributed by atoms with Crippen molar-refractivity contribution in [2.24, 2.45) is 0 Å². The van der Waals surface area contributed by atoms with E-state index in [-0.39, 0.29) is 11.7 Å². The molecular weight excluding hydrogens is 257 g/mol. The van der Waals surface area contributed by atoms with Gasteiger partial charge in [-0.25, -0.2) is 4.39 Å². The summed E-state index contributed by atoms with van der Waals surface area (Å²) in [6, 6.07) is 6.50. The molecule has 0 saturated carbocycles. The molecule has 1 aromatic carbocycles. The van der Waals surface area contributed by atoms with Crippen molar-refractivity contribution in [2.45, 2.75) is 19.4 Å². The highest BCUT2D eigenvalue weighted by Gasteiger charge is 2.32. The van der Waals surface area contributed by atoms with Crippen LogP contribution in [0, 0.1) is 5.82 Å². The number of anilines is 1. The third kappa shape index (κ3) is 3.10. The Balaban J connectivity index is 1.96. The fourth-order valence-corrected chi connectivity index (χ4v) is 2.32. The standard InChI is InChI=1S/C15H22FN3O/c1-15(2,17-3)14(20)19-10-8-18(9-11-19)13-6-4-12(16)5-7-13/h4-7,17H,8-11H2,1-3H3. The summed E-state index contributed by atoms with van der Waals surface area (Å²) in [7, 11) is 1.80. The number of rotatable bonds is 3. The molecule has 1 N–H and O–H groups in total. The molecule has 0 aromatic heterocycles. The minimum absolute atomic E-state index is 0.124. The van der Waals surface area contributed by atoms with Crippen molar-refractivity contribution in [1.29, 1.82) is 0 Å². The Morgan fingerprint density at radius 2 is 1.70 bits per heavy atom. The first-order chi connectivity index (χ1) is 9.44. The second-order valence-electron chi connectivity index (χ2n) is 5.63. The van der Waals surface area contributed by atoms with E-state index >= 15 is 0 Å². The number of benzene rings is 1. The van der Waals surface area contributed by atoms with E-state index in [1.165, 1.54) is 12.1 Å². The summed E-state index contributed by atoms with van der Waals surface area (Å²) in [5, 5.41) is 3.04. The van der Waals surface area contributed by atoms with Crippen LogP contribution in [0.15, 0.2) is 24.3 Å². The number of piperazine rings is 1. The van der Waals surface area contributed by atoms with Crippen LogP contribution in [0.5, 0.6) is 0 Å². The summed E-state index contributed by atoms with van der Waals surface area (Å²) in [4.78, 5) is 16.4. The number of carbonyl (C=O) groups is 1. The lowest BCUT2D eigenvalue weighted by Crippen LogP contribution is -2.58. The Kier molecular flexibility index (Phi) is 4.28. The lowest BCUT2D eigenvalue weighted by molar-refractivity contribution is -0.137. The first kappa shape index (κ1) is 14.8. The quantitative estimate of drug-likeness (QED) is 0.910. The summed E-state index contributed by atoms with van der Waals surface area (Å²) >= 11 is 0. The number of carbonyl (C=O) groups excluding carboxylic acids is 1. The van der Waals surface area contributed by atoms with E-state index in [9.17, 15) is 9.18 Å². The Labute approximate surface area is 119 Å². The summed E-state index contributed by atoms with van der Waals surface area (Å²) < 4.78 is 12.9. The number of amides is 1. The van der Waals surface area contributed by atoms with Crippen molar-refractivity contribution in [1.82, 2.24) is 10.2 Å². The number of nitrogens with zero attached hydrogens (tertiary/aromatic N) is 2. The minimum atomic E-state index is -0.530. The van der Waals surface area contributed by atoms with Crippen LogP contribution < -0.4 is 10.2 Å². The van der Waals surface area contributed by atoms with E-state index in [1.54, 1.807) is 19.2 Å². The zero-order valence-corrected chi connectivity index (χ0v) is 12.3. The second-order valence-corrected chi connectivity index (χ2v) is 5.63. The molecule has 1 saturated heterocycles. The van der Waals surface area contributed by atoms with Crippen LogP contribution in [0.1, 0.15) is 13.8 Å². The number of hydrogen-bond acceptors (Lipinski definition) is 3. The van der Waals surface area contributed by atoms with Crippen LogP contribution in [0.3, 0.4) is 0 Å². The molecule has 0 spiro atoms. The predicted octanol–water partition coefficient (Wildman–Crippen LogP) is 1.47. The molecule has 5 heteroatoms. The molecule has 4 nitrogen and oxygen atoms in total. The van der Waals surface area contributed by atoms with Gasteiger partial charge < -0.3 is 15.1 Å². The van der Waals surface area contributed by atoms with Crippen molar-refractivity contribution in [2.75, 3.05) is 38.1 Å². The Morgan fingerprint density at radius 3 is 2.20 bits per heavy atom. The second kappa shape index (κ2) is 5.79. The maximum absolute atomic E-state index is 12.9. The first-order valence-corrected chi connectivity index (χ1v) is 6.93. The van der Waals surface area contributed by atoms with Gasteiger partial charge in [0.1, 0.15) is 5.82 Å². The molecule has 20 heavy (non-hydrogen) atoms. The Morgan fingerprint density at radius 1 is 1.15 bits per heavy atom. The van der Waals surface area contributed by atoms with Gasteiger partial charge in [-0.2, -0.15) is 0 Å². The summed E-state index contributed by atoms with van der Waals surface area (Å²) in [6.45, 7) is 6.72. The molecular formula is C15H22FN3O. The molecule has 0 atom stereocenters. The van der Waals surface area contributed by atoms with Crippen molar-refractivity contribution >= 4 is 11.6 Å².